The maximum atomic E-state index is 15.4. The van der Waals surface area contributed by atoms with Gasteiger partial charge in [-0.2, -0.15) is 0 Å². The number of nitrogens with one attached hydrogen (secondary N) is 4. The monoisotopic (exact) mass is 875 g/mol. The highest BCUT2D eigenvalue weighted by Crippen LogP contribution is 2.33. The molecular formula is C47H51F2N9O6. The lowest BCUT2D eigenvalue weighted by atomic mass is 10.0. The molecule has 1 unspecified atom stereocenters. The predicted molar refractivity (Wildman–Crippen MR) is 235 cm³/mol. The number of carbonyl (C=O) groups is 5. The molecule has 15 nitrogen and oxygen atoms in total. The number of unbranched alkanes of at least 4 members (excludes halogenated alkanes) is 3. The van der Waals surface area contributed by atoms with E-state index in [1.54, 1.807) is 48.8 Å². The number of imide groups is 2. The van der Waals surface area contributed by atoms with Crippen LogP contribution in [0.1, 0.15) is 89.8 Å². The molecule has 3 fully saturated rings. The summed E-state index contributed by atoms with van der Waals surface area (Å²) in [7, 11) is 0. The third-order valence-corrected chi connectivity index (χ3v) is 12.4. The van der Waals surface area contributed by atoms with Crippen molar-refractivity contribution in [1.82, 2.24) is 35.3 Å². The second-order valence-electron chi connectivity index (χ2n) is 16.6. The van der Waals surface area contributed by atoms with Crippen LogP contribution in [0.25, 0.3) is 27.7 Å². The van der Waals surface area contributed by atoms with E-state index in [1.807, 2.05) is 9.80 Å². The van der Waals surface area contributed by atoms with Gasteiger partial charge in [0.2, 0.25) is 17.7 Å². The maximum Gasteiger partial charge on any atom is 0.264 e. The van der Waals surface area contributed by atoms with Gasteiger partial charge in [-0.1, -0.05) is 31.0 Å². The molecule has 0 bridgehead atoms. The Bertz CT molecular complexity index is 2480. The first kappa shape index (κ1) is 44.2. The van der Waals surface area contributed by atoms with E-state index in [4.69, 9.17) is 15.1 Å². The standard InChI is InChI=1S/C47H51F2N9O6/c48-35-23-29(24-36(49)34(35)28-56-19-21-64-22-20-56)32-7-5-10-38-44(32)54-39(27-53-38)30(25-50)26-52-31-14-17-57(18-15-31)42(60)11-3-1-2-4-16-51-37-9-6-8-33-43(37)47(63)58(46(33)62)40-12-13-41(59)55-45(40)61/h5-10,23-27,31,40,50-52H,1-4,11-22,28H2,(H,55,59,61)/b30-26+,50-25?. The third kappa shape index (κ3) is 9.70. The zero-order chi connectivity index (χ0) is 44.7. The molecule has 3 aromatic carbocycles. The minimum absolute atomic E-state index is 0.0184. The molecule has 0 spiro atoms. The number of amides is 5. The van der Waals surface area contributed by atoms with Crippen LogP contribution >= 0.6 is 0 Å². The summed E-state index contributed by atoms with van der Waals surface area (Å²) in [5.74, 6) is -3.30. The molecule has 334 valence electrons. The lowest BCUT2D eigenvalue weighted by Gasteiger charge is -2.32. The Hall–Kier alpha value is -6.46. The molecule has 8 rings (SSSR count). The van der Waals surface area contributed by atoms with Crippen LogP contribution in [0.15, 0.2) is 60.9 Å². The van der Waals surface area contributed by atoms with Gasteiger partial charge < -0.3 is 25.7 Å². The van der Waals surface area contributed by atoms with E-state index < -0.39 is 41.3 Å². The van der Waals surface area contributed by atoms with Gasteiger partial charge in [0.25, 0.3) is 11.8 Å². The van der Waals surface area contributed by atoms with Crippen LogP contribution in [-0.2, 0) is 25.7 Å². The number of hydrogen-bond acceptors (Lipinski definition) is 12. The molecule has 0 aliphatic carbocycles. The van der Waals surface area contributed by atoms with E-state index in [0.29, 0.717) is 91.5 Å². The molecule has 4 aromatic rings. The first-order valence-corrected chi connectivity index (χ1v) is 22.0. The van der Waals surface area contributed by atoms with E-state index in [0.717, 1.165) is 43.4 Å². The largest absolute Gasteiger partial charge is 0.387 e. The lowest BCUT2D eigenvalue weighted by Crippen LogP contribution is -2.54. The average Bonchev–Trinajstić information content (AvgIpc) is 3.56. The second kappa shape index (κ2) is 19.9. The number of carbonyl (C=O) groups excluding carboxylic acids is 5. The summed E-state index contributed by atoms with van der Waals surface area (Å²) in [6.07, 6.45) is 9.81. The Morgan fingerprint density at radius 1 is 0.906 bits per heavy atom. The first-order chi connectivity index (χ1) is 31.1. The third-order valence-electron chi connectivity index (χ3n) is 12.4. The summed E-state index contributed by atoms with van der Waals surface area (Å²) in [5.41, 5.74) is 3.82. The number of rotatable bonds is 16. The predicted octanol–water partition coefficient (Wildman–Crippen LogP) is 5.44. The Morgan fingerprint density at radius 2 is 1.64 bits per heavy atom. The van der Waals surface area contributed by atoms with Gasteiger partial charge in [-0.05, 0) is 68.0 Å². The average molecular weight is 876 g/mol. The quantitative estimate of drug-likeness (QED) is 0.0637. The summed E-state index contributed by atoms with van der Waals surface area (Å²) >= 11 is 0. The molecule has 5 heterocycles. The molecule has 17 heteroatoms. The minimum Gasteiger partial charge on any atom is -0.387 e. The number of hydrogen-bond donors (Lipinski definition) is 4. The zero-order valence-electron chi connectivity index (χ0n) is 35.5. The van der Waals surface area contributed by atoms with Crippen molar-refractivity contribution in [2.24, 2.45) is 0 Å². The van der Waals surface area contributed by atoms with Gasteiger partial charge in [0.15, 0.2) is 0 Å². The molecular weight excluding hydrogens is 825 g/mol. The molecule has 4 aliphatic heterocycles. The normalized spacial score (nSPS) is 18.7. The van der Waals surface area contributed by atoms with Crippen molar-refractivity contribution < 1.29 is 37.5 Å². The number of fused-ring (bicyclic) bond motifs is 2. The highest BCUT2D eigenvalue weighted by atomic mass is 19.1. The lowest BCUT2D eigenvalue weighted by molar-refractivity contribution is -0.136. The highest BCUT2D eigenvalue weighted by molar-refractivity contribution is 6.25. The molecule has 64 heavy (non-hydrogen) atoms. The highest BCUT2D eigenvalue weighted by Gasteiger charge is 2.45. The number of benzene rings is 3. The molecule has 4 N–H and O–H groups in total. The smallest absolute Gasteiger partial charge is 0.264 e. The summed E-state index contributed by atoms with van der Waals surface area (Å²) in [6.45, 7) is 4.21. The van der Waals surface area contributed by atoms with Gasteiger partial charge in [0, 0.05) is 93.0 Å². The Morgan fingerprint density at radius 3 is 2.39 bits per heavy atom. The van der Waals surface area contributed by atoms with Crippen LogP contribution in [0.2, 0.25) is 0 Å². The fraction of sp³-hybridized carbons (Fsp3) is 0.404. The van der Waals surface area contributed by atoms with E-state index in [9.17, 15) is 24.0 Å². The van der Waals surface area contributed by atoms with Crippen molar-refractivity contribution in [3.8, 4) is 11.1 Å². The van der Waals surface area contributed by atoms with Crippen molar-refractivity contribution >= 4 is 58.0 Å². The number of morpholine rings is 1. The van der Waals surface area contributed by atoms with Crippen molar-refractivity contribution in [3.05, 3.63) is 94.9 Å². The van der Waals surface area contributed by atoms with E-state index in [-0.39, 0.29) is 48.0 Å². The van der Waals surface area contributed by atoms with Crippen molar-refractivity contribution in [3.63, 3.8) is 0 Å². The maximum absolute atomic E-state index is 15.4. The Labute approximate surface area is 369 Å². The van der Waals surface area contributed by atoms with Gasteiger partial charge >= 0.3 is 0 Å². The van der Waals surface area contributed by atoms with Gasteiger partial charge in [-0.3, -0.25) is 44.1 Å². The van der Waals surface area contributed by atoms with Crippen molar-refractivity contribution in [2.75, 3.05) is 51.3 Å². The second-order valence-corrected chi connectivity index (χ2v) is 16.6. The fourth-order valence-corrected chi connectivity index (χ4v) is 8.79. The number of anilines is 1. The SMILES string of the molecule is N=C/C(=C\NC1CCN(C(=O)CCCCCCNc2cccc3c2C(=O)N(C2CCC(=O)NC2=O)C3=O)CC1)c1cnc2cccc(-c3cc(F)c(CN4CCOCC4)c(F)c3)c2n1. The molecule has 3 saturated heterocycles. The summed E-state index contributed by atoms with van der Waals surface area (Å²) in [5, 5.41) is 17.0. The van der Waals surface area contributed by atoms with Crippen LogP contribution in [0.4, 0.5) is 14.5 Å². The van der Waals surface area contributed by atoms with Gasteiger partial charge in [0.05, 0.1) is 47.3 Å². The number of piperidine rings is 2. The van der Waals surface area contributed by atoms with Crippen molar-refractivity contribution in [2.45, 2.75) is 76.4 Å². The van der Waals surface area contributed by atoms with Gasteiger partial charge in [0.1, 0.15) is 17.7 Å². The van der Waals surface area contributed by atoms with Crippen LogP contribution in [-0.4, -0.2) is 118 Å². The molecule has 5 amide bonds. The fourth-order valence-electron chi connectivity index (χ4n) is 8.79. The molecule has 4 aliphatic rings. The molecule has 0 radical (unpaired) electrons. The van der Waals surface area contributed by atoms with Crippen LogP contribution in [0.3, 0.4) is 0 Å². The number of likely N-dealkylation sites (tertiary alicyclic amines) is 1. The Kier molecular flexibility index (Phi) is 13.8. The van der Waals surface area contributed by atoms with Gasteiger partial charge in [-0.15, -0.1) is 0 Å². The molecule has 0 saturated carbocycles. The first-order valence-electron chi connectivity index (χ1n) is 22.0. The van der Waals surface area contributed by atoms with E-state index in [1.165, 1.54) is 18.3 Å². The van der Waals surface area contributed by atoms with E-state index >= 15 is 8.78 Å². The topological polar surface area (TPSA) is 190 Å². The van der Waals surface area contributed by atoms with Crippen LogP contribution in [0.5, 0.6) is 0 Å². The molecule has 1 aromatic heterocycles. The van der Waals surface area contributed by atoms with Crippen LogP contribution in [0, 0.1) is 17.0 Å². The van der Waals surface area contributed by atoms with Crippen molar-refractivity contribution in [1.29, 1.82) is 5.41 Å². The number of ether oxygens (including phenoxy) is 1. The number of halogens is 2. The zero-order valence-corrected chi connectivity index (χ0v) is 35.5. The number of nitrogens with zero attached hydrogens (tertiary/aromatic N) is 5. The summed E-state index contributed by atoms with van der Waals surface area (Å²) in [4.78, 5) is 77.7. The van der Waals surface area contributed by atoms with Crippen LogP contribution < -0.4 is 16.0 Å². The number of para-hydroxylation sites is 1. The molecule has 1 atom stereocenters. The summed E-state index contributed by atoms with van der Waals surface area (Å²) in [6, 6.07) is 12.0. The van der Waals surface area contributed by atoms with E-state index in [2.05, 4.69) is 20.9 Å². The minimum atomic E-state index is -1.02. The Balaban J connectivity index is 0.779. The van der Waals surface area contributed by atoms with Gasteiger partial charge in [-0.25, -0.2) is 13.8 Å². The number of aromatic nitrogens is 2. The summed E-state index contributed by atoms with van der Waals surface area (Å²) < 4.78 is 36.1. The number of allylic oxidation sites excluding steroid dienone is 1.